The average Bonchev–Trinajstić information content (AvgIpc) is 2.52. The molecule has 0 saturated carbocycles. The number of hydrogen-bond acceptors (Lipinski definition) is 3. The van der Waals surface area contributed by atoms with Crippen LogP contribution in [0.3, 0.4) is 0 Å². The van der Waals surface area contributed by atoms with Gasteiger partial charge in [0.1, 0.15) is 0 Å². The van der Waals surface area contributed by atoms with Crippen molar-refractivity contribution in [3.63, 3.8) is 0 Å². The number of amides is 3. The summed E-state index contributed by atoms with van der Waals surface area (Å²) in [5.41, 5.74) is 1.42. The maximum atomic E-state index is 11.8. The van der Waals surface area contributed by atoms with Crippen molar-refractivity contribution in [2.75, 3.05) is 36.8 Å². The number of nitrogens with one attached hydrogen (secondary N) is 3. The zero-order chi connectivity index (χ0) is 17.9. The van der Waals surface area contributed by atoms with Gasteiger partial charge in [0.05, 0.1) is 0 Å². The summed E-state index contributed by atoms with van der Waals surface area (Å²) >= 11 is 0. The van der Waals surface area contributed by atoms with E-state index in [0.717, 1.165) is 25.3 Å². The molecule has 1 aromatic rings. The zero-order valence-corrected chi connectivity index (χ0v) is 15.2. The summed E-state index contributed by atoms with van der Waals surface area (Å²) in [5.74, 6) is 0.325. The van der Waals surface area contributed by atoms with Gasteiger partial charge in [-0.05, 0) is 43.3 Å². The van der Waals surface area contributed by atoms with Gasteiger partial charge in [-0.3, -0.25) is 4.79 Å². The lowest BCUT2D eigenvalue weighted by Crippen LogP contribution is -2.36. The molecular formula is C18H30N4O2. The monoisotopic (exact) mass is 334 g/mol. The molecule has 3 amide bonds. The van der Waals surface area contributed by atoms with E-state index in [0.29, 0.717) is 24.6 Å². The van der Waals surface area contributed by atoms with Crippen molar-refractivity contribution in [3.8, 4) is 0 Å². The van der Waals surface area contributed by atoms with Gasteiger partial charge in [-0.1, -0.05) is 27.7 Å². The molecule has 3 N–H and O–H groups in total. The van der Waals surface area contributed by atoms with Crippen LogP contribution in [0.2, 0.25) is 0 Å². The Morgan fingerprint density at radius 3 is 2.04 bits per heavy atom. The van der Waals surface area contributed by atoms with Gasteiger partial charge in [0.25, 0.3) is 0 Å². The summed E-state index contributed by atoms with van der Waals surface area (Å²) < 4.78 is 0. The average molecular weight is 334 g/mol. The van der Waals surface area contributed by atoms with Crippen LogP contribution in [0.1, 0.15) is 34.1 Å². The van der Waals surface area contributed by atoms with Crippen LogP contribution in [0.5, 0.6) is 0 Å². The van der Waals surface area contributed by atoms with E-state index in [1.807, 2.05) is 13.8 Å². The molecule has 0 radical (unpaired) electrons. The summed E-state index contributed by atoms with van der Waals surface area (Å²) in [6.07, 6.45) is 0.495. The quantitative estimate of drug-likeness (QED) is 0.649. The third-order valence-corrected chi connectivity index (χ3v) is 3.63. The van der Waals surface area contributed by atoms with Crippen molar-refractivity contribution in [3.05, 3.63) is 24.3 Å². The molecular weight excluding hydrogens is 304 g/mol. The van der Waals surface area contributed by atoms with Crippen molar-refractivity contribution in [1.29, 1.82) is 0 Å². The summed E-state index contributed by atoms with van der Waals surface area (Å²) in [5, 5.41) is 8.46. The Morgan fingerprint density at radius 2 is 1.54 bits per heavy atom. The van der Waals surface area contributed by atoms with Gasteiger partial charge in [-0.15, -0.1) is 0 Å². The molecule has 24 heavy (non-hydrogen) atoms. The molecule has 1 aromatic carbocycles. The Bertz CT molecular complexity index is 510. The fourth-order valence-corrected chi connectivity index (χ4v) is 2.26. The molecule has 0 aliphatic heterocycles. The van der Waals surface area contributed by atoms with E-state index in [1.165, 1.54) is 0 Å². The number of urea groups is 1. The predicted octanol–water partition coefficient (Wildman–Crippen LogP) is 3.13. The Labute approximate surface area is 145 Å². The topological polar surface area (TPSA) is 73.5 Å². The first kappa shape index (κ1) is 20.0. The van der Waals surface area contributed by atoms with Gasteiger partial charge in [0.15, 0.2) is 0 Å². The maximum Gasteiger partial charge on any atom is 0.319 e. The van der Waals surface area contributed by atoms with Crippen molar-refractivity contribution in [2.24, 2.45) is 5.92 Å². The molecule has 134 valence electrons. The van der Waals surface area contributed by atoms with Crippen molar-refractivity contribution in [1.82, 2.24) is 10.2 Å². The Morgan fingerprint density at radius 1 is 1.00 bits per heavy atom. The zero-order valence-electron chi connectivity index (χ0n) is 15.2. The second-order valence-corrected chi connectivity index (χ2v) is 6.13. The number of hydrogen-bond donors (Lipinski definition) is 3. The highest BCUT2D eigenvalue weighted by Gasteiger charge is 2.06. The third-order valence-electron chi connectivity index (χ3n) is 3.63. The number of carbonyl (C=O) groups excluding carboxylic acids is 2. The van der Waals surface area contributed by atoms with E-state index in [9.17, 15) is 9.59 Å². The standard InChI is InChI=1S/C18H30N4O2/c1-5-22(6-2)12-11-19-18(24)21-16-9-7-15(8-10-16)20-17(23)13-14(3)4/h7-10,14H,5-6,11-13H2,1-4H3,(H,20,23)(H2,19,21,24). The van der Waals surface area contributed by atoms with Gasteiger partial charge in [0.2, 0.25) is 5.91 Å². The molecule has 0 atom stereocenters. The second kappa shape index (κ2) is 10.6. The van der Waals surface area contributed by atoms with Crippen LogP contribution in [0.25, 0.3) is 0 Å². The lowest BCUT2D eigenvalue weighted by Gasteiger charge is -2.18. The highest BCUT2D eigenvalue weighted by atomic mass is 16.2. The van der Waals surface area contributed by atoms with Gasteiger partial charge in [-0.2, -0.15) is 0 Å². The second-order valence-electron chi connectivity index (χ2n) is 6.13. The van der Waals surface area contributed by atoms with E-state index in [1.54, 1.807) is 24.3 Å². The van der Waals surface area contributed by atoms with Crippen molar-refractivity contribution in [2.45, 2.75) is 34.1 Å². The van der Waals surface area contributed by atoms with Crippen LogP contribution < -0.4 is 16.0 Å². The Hall–Kier alpha value is -2.08. The lowest BCUT2D eigenvalue weighted by molar-refractivity contribution is -0.116. The number of likely N-dealkylation sites (N-methyl/N-ethyl adjacent to an activating group) is 1. The Balaban J connectivity index is 2.38. The molecule has 6 heteroatoms. The Kier molecular flexibility index (Phi) is 8.86. The molecule has 0 aromatic heterocycles. The first-order chi connectivity index (χ1) is 11.4. The number of benzene rings is 1. The first-order valence-corrected chi connectivity index (χ1v) is 8.61. The fraction of sp³-hybridized carbons (Fsp3) is 0.556. The van der Waals surface area contributed by atoms with Gasteiger partial charge in [0, 0.05) is 30.9 Å². The number of carbonyl (C=O) groups is 2. The van der Waals surface area contributed by atoms with Crippen LogP contribution in [0, 0.1) is 5.92 Å². The molecule has 0 unspecified atom stereocenters. The largest absolute Gasteiger partial charge is 0.337 e. The summed E-state index contributed by atoms with van der Waals surface area (Å²) in [4.78, 5) is 25.8. The van der Waals surface area contributed by atoms with Crippen LogP contribution in [-0.2, 0) is 4.79 Å². The molecule has 0 aliphatic rings. The number of nitrogens with zero attached hydrogens (tertiary/aromatic N) is 1. The SMILES string of the molecule is CCN(CC)CCNC(=O)Nc1ccc(NC(=O)CC(C)C)cc1. The van der Waals surface area contributed by atoms with E-state index >= 15 is 0 Å². The molecule has 0 saturated heterocycles. The molecule has 0 aliphatic carbocycles. The van der Waals surface area contributed by atoms with Gasteiger partial charge in [-0.25, -0.2) is 4.79 Å². The first-order valence-electron chi connectivity index (χ1n) is 8.61. The highest BCUT2D eigenvalue weighted by molar-refractivity contribution is 5.92. The molecule has 1 rings (SSSR count). The summed E-state index contributed by atoms with van der Waals surface area (Å²) in [6, 6.07) is 6.89. The smallest absolute Gasteiger partial charge is 0.319 e. The molecule has 6 nitrogen and oxygen atoms in total. The fourth-order valence-electron chi connectivity index (χ4n) is 2.26. The van der Waals surface area contributed by atoms with E-state index in [2.05, 4.69) is 34.7 Å². The molecule has 0 bridgehead atoms. The highest BCUT2D eigenvalue weighted by Crippen LogP contribution is 2.14. The normalized spacial score (nSPS) is 10.8. The van der Waals surface area contributed by atoms with Crippen molar-refractivity contribution < 1.29 is 9.59 Å². The van der Waals surface area contributed by atoms with Crippen LogP contribution in [0.4, 0.5) is 16.2 Å². The third kappa shape index (κ3) is 7.97. The van der Waals surface area contributed by atoms with Crippen molar-refractivity contribution >= 4 is 23.3 Å². The van der Waals surface area contributed by atoms with E-state index < -0.39 is 0 Å². The van der Waals surface area contributed by atoms with Crippen LogP contribution in [-0.4, -0.2) is 43.0 Å². The minimum Gasteiger partial charge on any atom is -0.337 e. The minimum absolute atomic E-state index is 0.000134. The van der Waals surface area contributed by atoms with Crippen LogP contribution in [0.15, 0.2) is 24.3 Å². The van der Waals surface area contributed by atoms with E-state index in [4.69, 9.17) is 0 Å². The maximum absolute atomic E-state index is 11.8. The predicted molar refractivity (Wildman–Crippen MR) is 99.3 cm³/mol. The van der Waals surface area contributed by atoms with Crippen LogP contribution >= 0.6 is 0 Å². The number of anilines is 2. The summed E-state index contributed by atoms with van der Waals surface area (Å²) in [7, 11) is 0. The van der Waals surface area contributed by atoms with Gasteiger partial charge < -0.3 is 20.9 Å². The molecule has 0 fully saturated rings. The molecule has 0 spiro atoms. The lowest BCUT2D eigenvalue weighted by atomic mass is 10.1. The summed E-state index contributed by atoms with van der Waals surface area (Å²) in [6.45, 7) is 11.6. The van der Waals surface area contributed by atoms with E-state index in [-0.39, 0.29) is 11.9 Å². The number of rotatable bonds is 9. The van der Waals surface area contributed by atoms with Gasteiger partial charge >= 0.3 is 6.03 Å². The minimum atomic E-state index is -0.223. The molecule has 0 heterocycles.